The van der Waals surface area contributed by atoms with E-state index in [9.17, 15) is 14.4 Å². The third kappa shape index (κ3) is 9.71. The van der Waals surface area contributed by atoms with Gasteiger partial charge in [0.25, 0.3) is 5.91 Å². The van der Waals surface area contributed by atoms with Gasteiger partial charge in [0.05, 0.1) is 38.2 Å². The van der Waals surface area contributed by atoms with Crippen molar-refractivity contribution in [2.24, 2.45) is 5.92 Å². The maximum atomic E-state index is 14.3. The fourth-order valence-corrected chi connectivity index (χ4v) is 7.82. The number of halogens is 1. The minimum absolute atomic E-state index is 0.0299. The van der Waals surface area contributed by atoms with E-state index in [1.165, 1.54) is 14.0 Å². The van der Waals surface area contributed by atoms with E-state index in [4.69, 9.17) is 23.9 Å². The monoisotopic (exact) mass is 758 g/mol. The van der Waals surface area contributed by atoms with Crippen molar-refractivity contribution >= 4 is 55.9 Å². The molecule has 0 radical (unpaired) electrons. The molecule has 1 aromatic heterocycles. The number of ether oxygens (including phenoxy) is 4. The molecule has 2 unspecified atom stereocenters. The van der Waals surface area contributed by atoms with E-state index in [1.54, 1.807) is 11.3 Å². The topological polar surface area (TPSA) is 128 Å². The van der Waals surface area contributed by atoms with Gasteiger partial charge in [0.2, 0.25) is 5.91 Å². The van der Waals surface area contributed by atoms with Crippen LogP contribution in [0.25, 0.3) is 22.0 Å². The summed E-state index contributed by atoms with van der Waals surface area (Å²) in [6.45, 7) is 4.75. The Balaban J connectivity index is 1.29. The molecule has 3 aromatic rings. The highest BCUT2D eigenvalue weighted by atomic mass is 79.9. The smallest absolute Gasteiger partial charge is 0.407 e. The Morgan fingerprint density at radius 1 is 0.959 bits per heavy atom. The summed E-state index contributed by atoms with van der Waals surface area (Å²) in [5.74, 6) is 0.255. The number of alkyl carbamates (subject to hydrolysis) is 1. The van der Waals surface area contributed by atoms with Crippen molar-refractivity contribution in [1.82, 2.24) is 20.5 Å². The highest BCUT2D eigenvalue weighted by Crippen LogP contribution is 2.40. The van der Waals surface area contributed by atoms with Gasteiger partial charge < -0.3 is 34.5 Å². The van der Waals surface area contributed by atoms with Crippen molar-refractivity contribution in [1.29, 1.82) is 0 Å². The molecule has 1 aliphatic heterocycles. The molecule has 1 saturated heterocycles. The van der Waals surface area contributed by atoms with Gasteiger partial charge in [-0.05, 0) is 56.0 Å². The summed E-state index contributed by atoms with van der Waals surface area (Å²) in [7, 11) is 1.44. The summed E-state index contributed by atoms with van der Waals surface area (Å²) < 4.78 is 22.3. The average molecular weight is 760 g/mol. The number of benzene rings is 2. The molecule has 266 valence electrons. The van der Waals surface area contributed by atoms with Crippen molar-refractivity contribution in [3.8, 4) is 17.0 Å². The van der Waals surface area contributed by atoms with E-state index in [0.29, 0.717) is 39.6 Å². The molecule has 1 aliphatic carbocycles. The van der Waals surface area contributed by atoms with E-state index in [2.05, 4.69) is 38.0 Å². The maximum absolute atomic E-state index is 14.3. The number of fused-ring (bicyclic) bond motifs is 1. The van der Waals surface area contributed by atoms with Crippen molar-refractivity contribution in [3.63, 3.8) is 0 Å². The molecule has 2 aromatic carbocycles. The number of carbonyl (C=O) groups excluding carboxylic acids is 3. The number of amides is 3. The second kappa shape index (κ2) is 18.7. The van der Waals surface area contributed by atoms with Crippen molar-refractivity contribution in [3.05, 3.63) is 46.8 Å². The Morgan fingerprint density at radius 2 is 1.69 bits per heavy atom. The lowest BCUT2D eigenvalue weighted by Gasteiger charge is -2.35. The molecule has 2 N–H and O–H groups in total. The molecule has 2 aliphatic rings. The second-order valence-electron chi connectivity index (χ2n) is 12.4. The molecule has 13 heteroatoms. The molecule has 0 bridgehead atoms. The summed E-state index contributed by atoms with van der Waals surface area (Å²) in [6.07, 6.45) is 4.85. The van der Waals surface area contributed by atoms with Crippen LogP contribution < -0.4 is 15.4 Å². The van der Waals surface area contributed by atoms with E-state index >= 15 is 0 Å². The van der Waals surface area contributed by atoms with Gasteiger partial charge in [-0.2, -0.15) is 0 Å². The molecule has 2 heterocycles. The molecule has 3 amide bonds. The van der Waals surface area contributed by atoms with Gasteiger partial charge in [-0.15, -0.1) is 11.3 Å². The SMILES string of the molecule is CNC(=O)OC(C)C(=O)NC(C(=O)N1CCC[C@H]1c1nc(-c2ccc(OCCOCCOCCBr)c3ccccc23)cs1)C1CCCCC1. The molecule has 5 rings (SSSR count). The van der Waals surface area contributed by atoms with Gasteiger partial charge in [0, 0.05) is 35.3 Å². The zero-order valence-corrected chi connectivity index (χ0v) is 30.7. The molecular formula is C36H47BrN4O7S. The predicted octanol–water partition coefficient (Wildman–Crippen LogP) is 6.24. The van der Waals surface area contributed by atoms with Crippen molar-refractivity contribution in [2.45, 2.75) is 70.1 Å². The van der Waals surface area contributed by atoms with Gasteiger partial charge >= 0.3 is 6.09 Å². The van der Waals surface area contributed by atoms with Crippen molar-refractivity contribution in [2.75, 3.05) is 52.0 Å². The molecule has 3 atom stereocenters. The molecule has 11 nitrogen and oxygen atoms in total. The summed E-state index contributed by atoms with van der Waals surface area (Å²) in [4.78, 5) is 46.1. The van der Waals surface area contributed by atoms with Crippen LogP contribution in [0.3, 0.4) is 0 Å². The molecule has 2 fully saturated rings. The fraction of sp³-hybridized carbons (Fsp3) is 0.556. The van der Waals surface area contributed by atoms with Crippen LogP contribution in [-0.2, 0) is 23.8 Å². The highest BCUT2D eigenvalue weighted by Gasteiger charge is 2.40. The van der Waals surface area contributed by atoms with Crippen molar-refractivity contribution < 1.29 is 33.3 Å². The number of likely N-dealkylation sites (tertiary alicyclic amines) is 1. The van der Waals surface area contributed by atoms with Crippen LogP contribution in [0, 0.1) is 5.92 Å². The van der Waals surface area contributed by atoms with Gasteiger partial charge in [-0.3, -0.25) is 9.59 Å². The Hall–Kier alpha value is -3.26. The van der Waals surface area contributed by atoms with Crippen LogP contribution in [-0.4, -0.2) is 91.9 Å². The Labute approximate surface area is 300 Å². The quantitative estimate of drug-likeness (QED) is 0.130. The number of carbonyl (C=O) groups is 3. The van der Waals surface area contributed by atoms with E-state index < -0.39 is 24.1 Å². The summed E-state index contributed by atoms with van der Waals surface area (Å²) in [5.41, 5.74) is 1.85. The Bertz CT molecular complexity index is 1550. The molecule has 0 spiro atoms. The first kappa shape index (κ1) is 37.0. The first-order chi connectivity index (χ1) is 23.9. The lowest BCUT2D eigenvalue weighted by Crippen LogP contribution is -2.54. The highest BCUT2D eigenvalue weighted by molar-refractivity contribution is 9.09. The van der Waals surface area contributed by atoms with Crippen LogP contribution in [0.4, 0.5) is 4.79 Å². The number of aromatic nitrogens is 1. The van der Waals surface area contributed by atoms with Crippen LogP contribution >= 0.6 is 27.3 Å². The number of nitrogens with zero attached hydrogens (tertiary/aromatic N) is 2. The van der Waals surface area contributed by atoms with Gasteiger partial charge in [-0.1, -0.05) is 59.5 Å². The molecular weight excluding hydrogens is 712 g/mol. The minimum Gasteiger partial charge on any atom is -0.491 e. The number of thiazole rings is 1. The Kier molecular flexibility index (Phi) is 14.1. The van der Waals surface area contributed by atoms with Crippen LogP contribution in [0.2, 0.25) is 0 Å². The van der Waals surface area contributed by atoms with Crippen LogP contribution in [0.1, 0.15) is 62.9 Å². The van der Waals surface area contributed by atoms with Gasteiger partial charge in [0.15, 0.2) is 6.10 Å². The minimum atomic E-state index is -1.02. The van der Waals surface area contributed by atoms with Gasteiger partial charge in [-0.25, -0.2) is 9.78 Å². The van der Waals surface area contributed by atoms with Gasteiger partial charge in [0.1, 0.15) is 23.4 Å². The van der Waals surface area contributed by atoms with E-state index in [0.717, 1.165) is 83.1 Å². The van der Waals surface area contributed by atoms with E-state index in [-0.39, 0.29) is 17.9 Å². The largest absolute Gasteiger partial charge is 0.491 e. The lowest BCUT2D eigenvalue weighted by molar-refractivity contribution is -0.141. The number of alkyl halides is 1. The lowest BCUT2D eigenvalue weighted by atomic mass is 9.83. The second-order valence-corrected chi connectivity index (χ2v) is 14.0. The number of nitrogens with one attached hydrogen (secondary N) is 2. The zero-order valence-electron chi connectivity index (χ0n) is 28.3. The fourth-order valence-electron chi connectivity index (χ4n) is 6.63. The summed E-state index contributed by atoms with van der Waals surface area (Å²) in [6, 6.07) is 11.3. The summed E-state index contributed by atoms with van der Waals surface area (Å²) in [5, 5.41) is 11.1. The first-order valence-corrected chi connectivity index (χ1v) is 19.2. The van der Waals surface area contributed by atoms with Crippen LogP contribution in [0.5, 0.6) is 5.75 Å². The standard InChI is InChI=1S/C36H47BrN4O7S/c1-24(48-36(44)38-2)33(42)40-32(25-9-4-3-5-10-25)35(43)41-17-8-13-30(41)34-39-29(23-49-34)27-14-15-31(28-12-7-6-11-26(27)28)47-22-21-46-20-19-45-18-16-37/h6-7,11-12,14-15,23-25,30,32H,3-5,8-10,13,16-22H2,1-2H3,(H,38,44)(H,40,42)/t24?,30-,32?/m0/s1. The maximum Gasteiger partial charge on any atom is 0.407 e. The Morgan fingerprint density at radius 3 is 2.45 bits per heavy atom. The zero-order chi connectivity index (χ0) is 34.6. The third-order valence-corrected chi connectivity index (χ3v) is 10.4. The average Bonchev–Trinajstić information content (AvgIpc) is 3.82. The normalized spacial score (nSPS) is 17.9. The number of rotatable bonds is 16. The number of hydrogen-bond acceptors (Lipinski definition) is 9. The molecule has 49 heavy (non-hydrogen) atoms. The number of hydrogen-bond donors (Lipinski definition) is 2. The first-order valence-electron chi connectivity index (χ1n) is 17.2. The van der Waals surface area contributed by atoms with E-state index in [1.807, 2.05) is 35.2 Å². The van der Waals surface area contributed by atoms with Crippen LogP contribution in [0.15, 0.2) is 41.8 Å². The molecule has 1 saturated carbocycles. The predicted molar refractivity (Wildman–Crippen MR) is 193 cm³/mol. The summed E-state index contributed by atoms with van der Waals surface area (Å²) >= 11 is 4.90. The third-order valence-electron chi connectivity index (χ3n) is 9.12.